The minimum atomic E-state index is -0.850. The number of carbonyl (C=O) groups is 1. The molecule has 0 saturated heterocycles. The highest BCUT2D eigenvalue weighted by atomic mass is 16.4. The number of hydrogen-bond acceptors (Lipinski definition) is 4. The highest BCUT2D eigenvalue weighted by Crippen LogP contribution is 2.26. The quantitative estimate of drug-likeness (QED) is 0.772. The van der Waals surface area contributed by atoms with Gasteiger partial charge in [-0.2, -0.15) is 0 Å². The number of anilines is 1. The molecule has 0 bridgehead atoms. The van der Waals surface area contributed by atoms with Crippen LogP contribution in [0.3, 0.4) is 0 Å². The van der Waals surface area contributed by atoms with Crippen LogP contribution < -0.4 is 5.73 Å². The van der Waals surface area contributed by atoms with Gasteiger partial charge < -0.3 is 10.8 Å². The Morgan fingerprint density at radius 1 is 1.22 bits per heavy atom. The summed E-state index contributed by atoms with van der Waals surface area (Å²) in [6.45, 7) is 4.05. The van der Waals surface area contributed by atoms with Gasteiger partial charge in [0.2, 0.25) is 0 Å². The fourth-order valence-corrected chi connectivity index (χ4v) is 2.63. The maximum atomic E-state index is 10.9. The summed E-state index contributed by atoms with van der Waals surface area (Å²) in [7, 11) is 0. The monoisotopic (exact) mass is 310 g/mol. The molecule has 0 saturated carbocycles. The Labute approximate surface area is 133 Å². The van der Waals surface area contributed by atoms with Gasteiger partial charge in [-0.3, -0.25) is 9.36 Å². The van der Waals surface area contributed by atoms with Crippen LogP contribution in [0.5, 0.6) is 0 Å². The van der Waals surface area contributed by atoms with Gasteiger partial charge in [0.1, 0.15) is 17.5 Å². The van der Waals surface area contributed by atoms with Gasteiger partial charge >= 0.3 is 5.97 Å². The standard InChI is InChI=1S/C17H18N4O2/c1-10-6-7-12-17(11(10)2)20-15(8-9-16(22)23)21(12)14-5-3-4-13(18)19-14/h3-7H,8-9H2,1-2H3,(H2,18,19)(H,22,23). The van der Waals surface area contributed by atoms with Crippen LogP contribution in [0.1, 0.15) is 23.4 Å². The molecule has 0 atom stereocenters. The SMILES string of the molecule is Cc1ccc2c(nc(CCC(=O)O)n2-c2cccc(N)n2)c1C. The molecule has 118 valence electrons. The summed E-state index contributed by atoms with van der Waals surface area (Å²) >= 11 is 0. The van der Waals surface area contributed by atoms with Crippen LogP contribution in [0.15, 0.2) is 30.3 Å². The van der Waals surface area contributed by atoms with Crippen molar-refractivity contribution in [1.82, 2.24) is 14.5 Å². The zero-order valence-electron chi connectivity index (χ0n) is 13.1. The fourth-order valence-electron chi connectivity index (χ4n) is 2.63. The minimum absolute atomic E-state index is 0.0175. The lowest BCUT2D eigenvalue weighted by atomic mass is 10.1. The van der Waals surface area contributed by atoms with E-state index >= 15 is 0 Å². The van der Waals surface area contributed by atoms with Gasteiger partial charge in [-0.15, -0.1) is 0 Å². The second-order valence-corrected chi connectivity index (χ2v) is 5.55. The highest BCUT2D eigenvalue weighted by Gasteiger charge is 2.16. The Balaban J connectivity index is 2.25. The Kier molecular flexibility index (Phi) is 3.73. The lowest BCUT2D eigenvalue weighted by Crippen LogP contribution is -2.07. The lowest BCUT2D eigenvalue weighted by molar-refractivity contribution is -0.137. The van der Waals surface area contributed by atoms with Crippen LogP contribution in [0.2, 0.25) is 0 Å². The number of aromatic nitrogens is 3. The van der Waals surface area contributed by atoms with E-state index in [0.29, 0.717) is 23.9 Å². The number of nitrogens with zero attached hydrogens (tertiary/aromatic N) is 3. The Hall–Kier alpha value is -2.89. The van der Waals surface area contributed by atoms with Crippen LogP contribution in [0.25, 0.3) is 16.9 Å². The molecule has 0 aliphatic rings. The molecular formula is C17H18N4O2. The number of imidazole rings is 1. The number of carboxylic acid groups (broad SMARTS) is 1. The summed E-state index contributed by atoms with van der Waals surface area (Å²) in [6, 6.07) is 9.40. The molecule has 0 fully saturated rings. The van der Waals surface area contributed by atoms with Crippen molar-refractivity contribution in [3.05, 3.63) is 47.3 Å². The average Bonchev–Trinajstić information content (AvgIpc) is 2.88. The summed E-state index contributed by atoms with van der Waals surface area (Å²) in [5.41, 5.74) is 9.81. The topological polar surface area (TPSA) is 94.0 Å². The Morgan fingerprint density at radius 2 is 2.00 bits per heavy atom. The van der Waals surface area contributed by atoms with Gasteiger partial charge in [0, 0.05) is 6.42 Å². The highest BCUT2D eigenvalue weighted by molar-refractivity contribution is 5.82. The normalized spacial score (nSPS) is 11.0. The molecule has 23 heavy (non-hydrogen) atoms. The molecule has 3 N–H and O–H groups in total. The van der Waals surface area contributed by atoms with E-state index in [1.165, 1.54) is 0 Å². The molecular weight excluding hydrogens is 292 g/mol. The number of fused-ring (bicyclic) bond motifs is 1. The van der Waals surface area contributed by atoms with Crippen LogP contribution >= 0.6 is 0 Å². The summed E-state index contributed by atoms with van der Waals surface area (Å²) in [5.74, 6) is 0.889. The predicted octanol–water partition coefficient (Wildman–Crippen LogP) is 2.64. The smallest absolute Gasteiger partial charge is 0.303 e. The first-order valence-electron chi connectivity index (χ1n) is 7.39. The Morgan fingerprint density at radius 3 is 2.70 bits per heavy atom. The van der Waals surface area contributed by atoms with Crippen LogP contribution in [0.4, 0.5) is 5.82 Å². The van der Waals surface area contributed by atoms with Gasteiger partial charge in [0.25, 0.3) is 0 Å². The lowest BCUT2D eigenvalue weighted by Gasteiger charge is -2.09. The van der Waals surface area contributed by atoms with Crippen molar-refractivity contribution in [1.29, 1.82) is 0 Å². The minimum Gasteiger partial charge on any atom is -0.481 e. The van der Waals surface area contributed by atoms with E-state index in [2.05, 4.69) is 9.97 Å². The molecule has 6 heteroatoms. The zero-order valence-corrected chi connectivity index (χ0v) is 13.1. The number of nitrogens with two attached hydrogens (primary N) is 1. The molecule has 0 spiro atoms. The van der Waals surface area contributed by atoms with Crippen LogP contribution in [-0.4, -0.2) is 25.6 Å². The van der Waals surface area contributed by atoms with Crippen molar-refractivity contribution in [2.24, 2.45) is 0 Å². The molecule has 0 aliphatic heterocycles. The van der Waals surface area contributed by atoms with Gasteiger partial charge in [-0.1, -0.05) is 12.1 Å². The van der Waals surface area contributed by atoms with E-state index in [-0.39, 0.29) is 6.42 Å². The number of aryl methyl sites for hydroxylation is 3. The molecule has 3 aromatic rings. The second kappa shape index (κ2) is 5.72. The van der Waals surface area contributed by atoms with Crippen molar-refractivity contribution in [2.45, 2.75) is 26.7 Å². The molecule has 2 aromatic heterocycles. The first kappa shape index (κ1) is 15.0. The third kappa shape index (κ3) is 2.75. The number of aliphatic carboxylic acids is 1. The van der Waals surface area contributed by atoms with Gasteiger partial charge in [0.05, 0.1) is 17.5 Å². The number of pyridine rings is 1. The number of nitrogen functional groups attached to an aromatic ring is 1. The first-order chi connectivity index (χ1) is 11.0. The van der Waals surface area contributed by atoms with Crippen molar-refractivity contribution >= 4 is 22.8 Å². The Bertz CT molecular complexity index is 899. The molecule has 0 amide bonds. The van der Waals surface area contributed by atoms with Crippen molar-refractivity contribution < 1.29 is 9.90 Å². The molecule has 0 aliphatic carbocycles. The number of benzene rings is 1. The van der Waals surface area contributed by atoms with E-state index in [1.54, 1.807) is 6.07 Å². The zero-order chi connectivity index (χ0) is 16.6. The van der Waals surface area contributed by atoms with Crippen molar-refractivity contribution in [2.75, 3.05) is 5.73 Å². The third-order valence-corrected chi connectivity index (χ3v) is 3.97. The van der Waals surface area contributed by atoms with Crippen LogP contribution in [0, 0.1) is 13.8 Å². The van der Waals surface area contributed by atoms with E-state index < -0.39 is 5.97 Å². The fraction of sp³-hybridized carbons (Fsp3) is 0.235. The molecule has 0 unspecified atom stereocenters. The third-order valence-electron chi connectivity index (χ3n) is 3.97. The maximum Gasteiger partial charge on any atom is 0.303 e. The number of rotatable bonds is 4. The average molecular weight is 310 g/mol. The predicted molar refractivity (Wildman–Crippen MR) is 88.7 cm³/mol. The van der Waals surface area contributed by atoms with Gasteiger partial charge in [-0.25, -0.2) is 9.97 Å². The maximum absolute atomic E-state index is 10.9. The first-order valence-corrected chi connectivity index (χ1v) is 7.39. The van der Waals surface area contributed by atoms with E-state index in [0.717, 1.165) is 22.2 Å². The number of carboxylic acids is 1. The van der Waals surface area contributed by atoms with E-state index in [1.807, 2.05) is 42.7 Å². The second-order valence-electron chi connectivity index (χ2n) is 5.55. The molecule has 3 rings (SSSR count). The summed E-state index contributed by atoms with van der Waals surface area (Å²) in [5, 5.41) is 8.98. The summed E-state index contributed by atoms with van der Waals surface area (Å²) < 4.78 is 1.89. The number of hydrogen-bond donors (Lipinski definition) is 2. The van der Waals surface area contributed by atoms with Crippen LogP contribution in [-0.2, 0) is 11.2 Å². The molecule has 1 aromatic carbocycles. The molecule has 2 heterocycles. The largest absolute Gasteiger partial charge is 0.481 e. The van der Waals surface area contributed by atoms with Crippen molar-refractivity contribution in [3.63, 3.8) is 0 Å². The molecule has 0 radical (unpaired) electrons. The molecule has 6 nitrogen and oxygen atoms in total. The summed E-state index contributed by atoms with van der Waals surface area (Å²) in [6.07, 6.45) is 0.350. The van der Waals surface area contributed by atoms with E-state index in [4.69, 9.17) is 10.8 Å². The van der Waals surface area contributed by atoms with Gasteiger partial charge in [-0.05, 0) is 43.2 Å². The summed E-state index contributed by atoms with van der Waals surface area (Å²) in [4.78, 5) is 20.0. The van der Waals surface area contributed by atoms with Crippen molar-refractivity contribution in [3.8, 4) is 5.82 Å². The van der Waals surface area contributed by atoms with Gasteiger partial charge in [0.15, 0.2) is 0 Å². The van der Waals surface area contributed by atoms with E-state index in [9.17, 15) is 4.79 Å².